The fourth-order valence-corrected chi connectivity index (χ4v) is 0.641. The molecule has 82 valence electrons. The van der Waals surface area contributed by atoms with E-state index < -0.39 is 0 Å². The average Bonchev–Trinajstić information content (AvgIpc) is 2.27. The maximum atomic E-state index is 5.05. The molecule has 0 aromatic heterocycles. The SMILES string of the molecule is C=C(/C=C(/OC)C(=C)OC)CC.CC. The summed E-state index contributed by atoms with van der Waals surface area (Å²) in [4.78, 5) is 0. The second-order valence-corrected chi connectivity index (χ2v) is 2.35. The van der Waals surface area contributed by atoms with Gasteiger partial charge in [-0.2, -0.15) is 0 Å². The van der Waals surface area contributed by atoms with Crippen molar-refractivity contribution in [3.8, 4) is 0 Å². The first-order chi connectivity index (χ1) is 6.65. The molecule has 0 aliphatic rings. The molecule has 14 heavy (non-hydrogen) atoms. The lowest BCUT2D eigenvalue weighted by Crippen LogP contribution is -1.94. The van der Waals surface area contributed by atoms with Crippen LogP contribution >= 0.6 is 0 Å². The van der Waals surface area contributed by atoms with Gasteiger partial charge in [0, 0.05) is 0 Å². The van der Waals surface area contributed by atoms with E-state index in [4.69, 9.17) is 9.47 Å². The Kier molecular flexibility index (Phi) is 10.8. The number of methoxy groups -OCH3 is 2. The third kappa shape index (κ3) is 6.35. The van der Waals surface area contributed by atoms with Gasteiger partial charge in [0.1, 0.15) is 0 Å². The molecule has 2 nitrogen and oxygen atoms in total. The molecule has 0 fully saturated rings. The minimum absolute atomic E-state index is 0.520. The zero-order valence-corrected chi connectivity index (χ0v) is 10.0. The van der Waals surface area contributed by atoms with Crippen molar-refractivity contribution >= 4 is 0 Å². The van der Waals surface area contributed by atoms with Gasteiger partial charge in [-0.05, 0) is 12.5 Å². The first-order valence-electron chi connectivity index (χ1n) is 4.82. The van der Waals surface area contributed by atoms with Gasteiger partial charge in [-0.25, -0.2) is 0 Å². The molecular formula is C12H22O2. The molecule has 0 saturated heterocycles. The monoisotopic (exact) mass is 198 g/mol. The van der Waals surface area contributed by atoms with Gasteiger partial charge >= 0.3 is 0 Å². The number of hydrogen-bond donors (Lipinski definition) is 0. The highest BCUT2D eigenvalue weighted by atomic mass is 16.5. The number of allylic oxidation sites excluding steroid dienone is 2. The fraction of sp³-hybridized carbons (Fsp3) is 0.500. The summed E-state index contributed by atoms with van der Waals surface area (Å²) in [6.45, 7) is 13.5. The smallest absolute Gasteiger partial charge is 0.160 e. The summed E-state index contributed by atoms with van der Waals surface area (Å²) < 4.78 is 9.97. The van der Waals surface area contributed by atoms with Crippen molar-refractivity contribution in [3.63, 3.8) is 0 Å². The summed E-state index contributed by atoms with van der Waals surface area (Å²) >= 11 is 0. The fourth-order valence-electron chi connectivity index (χ4n) is 0.641. The Hall–Kier alpha value is -1.18. The molecule has 0 aliphatic carbocycles. The van der Waals surface area contributed by atoms with E-state index in [1.165, 1.54) is 0 Å². The molecule has 0 aromatic carbocycles. The Morgan fingerprint density at radius 3 is 1.93 bits per heavy atom. The Labute approximate surface area is 87.9 Å². The lowest BCUT2D eigenvalue weighted by molar-refractivity contribution is 0.221. The second kappa shape index (κ2) is 9.90. The Morgan fingerprint density at radius 1 is 1.14 bits per heavy atom. The third-order valence-electron chi connectivity index (χ3n) is 1.53. The van der Waals surface area contributed by atoms with Crippen LogP contribution in [0.2, 0.25) is 0 Å². The van der Waals surface area contributed by atoms with E-state index in [2.05, 4.69) is 13.2 Å². The first kappa shape index (κ1) is 15.3. The van der Waals surface area contributed by atoms with Crippen molar-refractivity contribution in [3.05, 3.63) is 36.3 Å². The van der Waals surface area contributed by atoms with Crippen LogP contribution in [0, 0.1) is 0 Å². The molecule has 0 amide bonds. The zero-order chi connectivity index (χ0) is 11.6. The molecule has 0 N–H and O–H groups in total. The molecule has 2 heteroatoms. The molecule has 0 heterocycles. The largest absolute Gasteiger partial charge is 0.494 e. The summed E-state index contributed by atoms with van der Waals surface area (Å²) in [5.74, 6) is 1.15. The highest BCUT2D eigenvalue weighted by Gasteiger charge is 2.01. The van der Waals surface area contributed by atoms with Crippen molar-refractivity contribution in [1.82, 2.24) is 0 Å². The molecule has 0 aliphatic heterocycles. The second-order valence-electron chi connectivity index (χ2n) is 2.35. The minimum atomic E-state index is 0.520. The topological polar surface area (TPSA) is 18.5 Å². The van der Waals surface area contributed by atoms with Crippen molar-refractivity contribution in [2.75, 3.05) is 14.2 Å². The van der Waals surface area contributed by atoms with Crippen LogP contribution in [0.3, 0.4) is 0 Å². The van der Waals surface area contributed by atoms with Gasteiger partial charge in [0.05, 0.1) is 14.2 Å². The van der Waals surface area contributed by atoms with Crippen molar-refractivity contribution < 1.29 is 9.47 Å². The van der Waals surface area contributed by atoms with Crippen LogP contribution in [0.15, 0.2) is 36.3 Å². The quantitative estimate of drug-likeness (QED) is 0.495. The highest BCUT2D eigenvalue weighted by molar-refractivity contribution is 5.26. The molecule has 0 radical (unpaired) electrons. The van der Waals surface area contributed by atoms with E-state index in [1.807, 2.05) is 26.8 Å². The lowest BCUT2D eigenvalue weighted by atomic mass is 10.2. The highest BCUT2D eigenvalue weighted by Crippen LogP contribution is 2.12. The lowest BCUT2D eigenvalue weighted by Gasteiger charge is -2.08. The van der Waals surface area contributed by atoms with Crippen LogP contribution in [0.5, 0.6) is 0 Å². The molecule has 0 bridgehead atoms. The van der Waals surface area contributed by atoms with Gasteiger partial charge in [-0.15, -0.1) is 0 Å². The van der Waals surface area contributed by atoms with Crippen molar-refractivity contribution in [1.29, 1.82) is 0 Å². The number of ether oxygens (including phenoxy) is 2. The van der Waals surface area contributed by atoms with Crippen LogP contribution in [0.25, 0.3) is 0 Å². The summed E-state index contributed by atoms with van der Waals surface area (Å²) in [7, 11) is 3.14. The minimum Gasteiger partial charge on any atom is -0.494 e. The molecule has 0 rings (SSSR count). The van der Waals surface area contributed by atoms with Gasteiger partial charge in [-0.3, -0.25) is 0 Å². The summed E-state index contributed by atoms with van der Waals surface area (Å²) in [5, 5.41) is 0. The standard InChI is InChI=1S/C10H16O2.C2H6/c1-6-8(2)7-10(12-5)9(3)11-4;1-2/h7H,2-3,6H2,1,4-5H3;1-2H3/b10-7+;. The molecular weight excluding hydrogens is 176 g/mol. The van der Waals surface area contributed by atoms with E-state index in [-0.39, 0.29) is 0 Å². The van der Waals surface area contributed by atoms with Gasteiger partial charge in [0.15, 0.2) is 11.5 Å². The van der Waals surface area contributed by atoms with E-state index in [0.717, 1.165) is 12.0 Å². The van der Waals surface area contributed by atoms with Crippen molar-refractivity contribution in [2.24, 2.45) is 0 Å². The molecule has 0 spiro atoms. The van der Waals surface area contributed by atoms with E-state index >= 15 is 0 Å². The van der Waals surface area contributed by atoms with Crippen LogP contribution in [0.1, 0.15) is 27.2 Å². The molecule has 0 aromatic rings. The van der Waals surface area contributed by atoms with E-state index in [1.54, 1.807) is 14.2 Å². The summed E-state index contributed by atoms with van der Waals surface area (Å²) in [6.07, 6.45) is 2.72. The van der Waals surface area contributed by atoms with Gasteiger partial charge in [0.2, 0.25) is 0 Å². The summed E-state index contributed by atoms with van der Waals surface area (Å²) in [5.41, 5.74) is 0.991. The molecule has 0 atom stereocenters. The van der Waals surface area contributed by atoms with E-state index in [9.17, 15) is 0 Å². The number of hydrogen-bond acceptors (Lipinski definition) is 2. The first-order valence-corrected chi connectivity index (χ1v) is 4.82. The molecule has 0 saturated carbocycles. The predicted molar refractivity (Wildman–Crippen MR) is 62.0 cm³/mol. The van der Waals surface area contributed by atoms with Crippen LogP contribution in [-0.4, -0.2) is 14.2 Å². The zero-order valence-electron chi connectivity index (χ0n) is 10.0. The maximum absolute atomic E-state index is 5.05. The van der Waals surface area contributed by atoms with Gasteiger partial charge < -0.3 is 9.47 Å². The van der Waals surface area contributed by atoms with E-state index in [0.29, 0.717) is 11.5 Å². The average molecular weight is 198 g/mol. The predicted octanol–water partition coefficient (Wildman–Crippen LogP) is 3.67. The molecule has 0 unspecified atom stereocenters. The summed E-state index contributed by atoms with van der Waals surface area (Å²) in [6, 6.07) is 0. The van der Waals surface area contributed by atoms with Crippen LogP contribution < -0.4 is 0 Å². The normalized spacial score (nSPS) is 9.64. The maximum Gasteiger partial charge on any atom is 0.160 e. The van der Waals surface area contributed by atoms with Crippen LogP contribution in [0.4, 0.5) is 0 Å². The van der Waals surface area contributed by atoms with Gasteiger partial charge in [0.25, 0.3) is 0 Å². The van der Waals surface area contributed by atoms with Gasteiger partial charge in [-0.1, -0.05) is 39.5 Å². The van der Waals surface area contributed by atoms with Crippen LogP contribution in [-0.2, 0) is 9.47 Å². The number of rotatable bonds is 5. The third-order valence-corrected chi connectivity index (χ3v) is 1.53. The van der Waals surface area contributed by atoms with Crippen molar-refractivity contribution in [2.45, 2.75) is 27.2 Å². The Balaban J connectivity index is 0. The Morgan fingerprint density at radius 2 is 1.64 bits per heavy atom. The Bertz CT molecular complexity index is 202.